The number of carbonyl (C=O) groups excluding carboxylic acids is 1. The molecule has 1 unspecified atom stereocenters. The predicted octanol–water partition coefficient (Wildman–Crippen LogP) is 5.49. The summed E-state index contributed by atoms with van der Waals surface area (Å²) in [5.74, 6) is 1.87. The van der Waals surface area contributed by atoms with Crippen LogP contribution in [0.2, 0.25) is 0 Å². The standard InChI is InChI=1S/C31H53N5OS/c1-6-7-8-26(22-31(3,4)38)29(32)36-19-17-35(18-20-36)16-14-25-9-11-28(12-10-25)33-30(37)27-21-24(2)13-15-34(5)23-27/h8,13,15,21,24-25,28,32,38H,6-7,9-12,14,16-20,22-23H2,1-5H3,(H,33,37)/b26-8+,32-29?. The largest absolute Gasteiger partial charge is 0.376 e. The minimum atomic E-state index is -0.102. The maximum atomic E-state index is 12.9. The van der Waals surface area contributed by atoms with Crippen molar-refractivity contribution >= 4 is 24.4 Å². The molecule has 0 aromatic rings. The number of rotatable bonds is 10. The number of carbonyl (C=O) groups is 1. The van der Waals surface area contributed by atoms with E-state index in [2.05, 4.69) is 72.1 Å². The monoisotopic (exact) mass is 543 g/mol. The molecule has 6 nitrogen and oxygen atoms in total. The van der Waals surface area contributed by atoms with Crippen LogP contribution in [0.5, 0.6) is 0 Å². The Kier molecular flexibility index (Phi) is 11.8. The highest BCUT2D eigenvalue weighted by molar-refractivity contribution is 7.81. The third-order valence-corrected chi connectivity index (χ3v) is 8.31. The van der Waals surface area contributed by atoms with Gasteiger partial charge in [-0.25, -0.2) is 0 Å². The normalized spacial score (nSPS) is 25.7. The van der Waals surface area contributed by atoms with Crippen LogP contribution < -0.4 is 5.32 Å². The Morgan fingerprint density at radius 1 is 1.18 bits per heavy atom. The van der Waals surface area contributed by atoms with Gasteiger partial charge < -0.3 is 15.1 Å². The molecule has 3 rings (SSSR count). The van der Waals surface area contributed by atoms with E-state index in [-0.39, 0.29) is 10.7 Å². The lowest BCUT2D eigenvalue weighted by Crippen LogP contribution is -2.49. The summed E-state index contributed by atoms with van der Waals surface area (Å²) in [5.41, 5.74) is 2.04. The number of amidine groups is 1. The molecule has 2 heterocycles. The summed E-state index contributed by atoms with van der Waals surface area (Å²) in [6, 6.07) is 0.309. The first-order chi connectivity index (χ1) is 18.0. The molecule has 1 saturated heterocycles. The smallest absolute Gasteiger partial charge is 0.248 e. The maximum absolute atomic E-state index is 12.9. The van der Waals surface area contributed by atoms with E-state index in [0.29, 0.717) is 24.3 Å². The van der Waals surface area contributed by atoms with Crippen LogP contribution in [0.3, 0.4) is 0 Å². The van der Waals surface area contributed by atoms with E-state index >= 15 is 0 Å². The van der Waals surface area contributed by atoms with E-state index in [1.165, 1.54) is 19.3 Å². The van der Waals surface area contributed by atoms with Crippen molar-refractivity contribution < 1.29 is 4.79 Å². The Bertz CT molecular complexity index is 873. The average molecular weight is 544 g/mol. The SMILES string of the molecule is CCC/C=C(\CC(C)(C)S)C(=N)N1CCN(CCC2CCC(NC(=O)C3=CC(C)C=CN(C)C3)CC2)CC1. The summed E-state index contributed by atoms with van der Waals surface area (Å²) in [6.07, 6.45) is 17.4. The van der Waals surface area contributed by atoms with E-state index in [4.69, 9.17) is 18.0 Å². The second kappa shape index (κ2) is 14.6. The Labute approximate surface area is 237 Å². The fourth-order valence-electron chi connectivity index (χ4n) is 5.85. The van der Waals surface area contributed by atoms with Crippen molar-refractivity contribution in [3.63, 3.8) is 0 Å². The number of hydrogen-bond acceptors (Lipinski definition) is 5. The molecule has 38 heavy (non-hydrogen) atoms. The van der Waals surface area contributed by atoms with Gasteiger partial charge in [0, 0.05) is 56.1 Å². The number of unbranched alkanes of at least 4 members (excludes halogenated alkanes) is 1. The summed E-state index contributed by atoms with van der Waals surface area (Å²) >= 11 is 4.73. The van der Waals surface area contributed by atoms with Crippen molar-refractivity contribution in [1.82, 2.24) is 20.0 Å². The highest BCUT2D eigenvalue weighted by Crippen LogP contribution is 2.28. The van der Waals surface area contributed by atoms with Gasteiger partial charge in [-0.15, -0.1) is 0 Å². The van der Waals surface area contributed by atoms with Gasteiger partial charge in [0.25, 0.3) is 0 Å². The van der Waals surface area contributed by atoms with Crippen molar-refractivity contribution in [2.75, 3.05) is 46.3 Å². The summed E-state index contributed by atoms with van der Waals surface area (Å²) in [4.78, 5) is 19.8. The molecule has 1 amide bonds. The minimum absolute atomic E-state index is 0.102. The van der Waals surface area contributed by atoms with Gasteiger partial charge in [-0.1, -0.05) is 52.3 Å². The van der Waals surface area contributed by atoms with E-state index in [1.807, 2.05) is 7.05 Å². The van der Waals surface area contributed by atoms with Gasteiger partial charge in [0.15, 0.2) is 0 Å². The number of nitrogens with zero attached hydrogens (tertiary/aromatic N) is 3. The van der Waals surface area contributed by atoms with Crippen LogP contribution in [0.15, 0.2) is 35.6 Å². The van der Waals surface area contributed by atoms with E-state index < -0.39 is 0 Å². The third kappa shape index (κ3) is 10.1. The molecule has 0 aromatic heterocycles. The number of amides is 1. The Morgan fingerprint density at radius 2 is 1.87 bits per heavy atom. The van der Waals surface area contributed by atoms with Gasteiger partial charge in [0.2, 0.25) is 5.91 Å². The second-order valence-electron chi connectivity index (χ2n) is 12.5. The zero-order valence-electron chi connectivity index (χ0n) is 24.6. The number of piperazine rings is 1. The highest BCUT2D eigenvalue weighted by Gasteiger charge is 2.27. The third-order valence-electron chi connectivity index (χ3n) is 8.15. The van der Waals surface area contributed by atoms with E-state index in [9.17, 15) is 4.79 Å². The van der Waals surface area contributed by atoms with E-state index in [0.717, 1.165) is 81.9 Å². The highest BCUT2D eigenvalue weighted by atomic mass is 32.1. The zero-order valence-corrected chi connectivity index (χ0v) is 25.5. The molecule has 0 spiro atoms. The van der Waals surface area contributed by atoms with Gasteiger partial charge in [0.05, 0.1) is 0 Å². The number of allylic oxidation sites excluding steroid dienone is 3. The first-order valence-corrected chi connectivity index (χ1v) is 15.4. The maximum Gasteiger partial charge on any atom is 0.248 e. The van der Waals surface area contributed by atoms with Crippen LogP contribution in [0.4, 0.5) is 0 Å². The number of hydrogen-bond donors (Lipinski definition) is 3. The summed E-state index contributed by atoms with van der Waals surface area (Å²) < 4.78 is -0.102. The van der Waals surface area contributed by atoms with Crippen LogP contribution in [0, 0.1) is 17.2 Å². The van der Waals surface area contributed by atoms with Crippen molar-refractivity contribution in [3.05, 3.63) is 35.6 Å². The van der Waals surface area contributed by atoms with Gasteiger partial charge in [-0.3, -0.25) is 15.1 Å². The molecule has 1 saturated carbocycles. The molecule has 0 bridgehead atoms. The lowest BCUT2D eigenvalue weighted by atomic mass is 9.84. The molecule has 7 heteroatoms. The summed E-state index contributed by atoms with van der Waals surface area (Å²) in [7, 11) is 2.02. The topological polar surface area (TPSA) is 62.7 Å². The number of nitrogens with one attached hydrogen (secondary N) is 2. The first kappa shape index (κ1) is 30.8. The zero-order chi connectivity index (χ0) is 27.7. The van der Waals surface area contributed by atoms with Crippen molar-refractivity contribution in [2.24, 2.45) is 11.8 Å². The first-order valence-electron chi connectivity index (χ1n) is 14.9. The molecule has 1 aliphatic carbocycles. The molecule has 2 N–H and O–H groups in total. The molecule has 0 radical (unpaired) electrons. The Hall–Kier alpha value is -1.73. The predicted molar refractivity (Wildman–Crippen MR) is 164 cm³/mol. The molecule has 1 atom stereocenters. The van der Waals surface area contributed by atoms with Gasteiger partial charge in [-0.05, 0) is 75.1 Å². The molecule has 3 aliphatic rings. The summed E-state index contributed by atoms with van der Waals surface area (Å²) in [5, 5.41) is 12.2. The second-order valence-corrected chi connectivity index (χ2v) is 13.7. The fourth-order valence-corrected chi connectivity index (χ4v) is 6.02. The Morgan fingerprint density at radius 3 is 2.50 bits per heavy atom. The number of likely N-dealkylation sites (N-methyl/N-ethyl adjacent to an activating group) is 1. The van der Waals surface area contributed by atoms with Crippen LogP contribution in [-0.4, -0.2) is 83.5 Å². The van der Waals surface area contributed by atoms with Crippen molar-refractivity contribution in [2.45, 2.75) is 89.9 Å². The quantitative estimate of drug-likeness (QED) is 0.194. The fraction of sp³-hybridized carbons (Fsp3) is 0.742. The Balaban J connectivity index is 1.37. The van der Waals surface area contributed by atoms with Crippen molar-refractivity contribution in [3.8, 4) is 0 Å². The molecule has 2 fully saturated rings. The van der Waals surface area contributed by atoms with Crippen LogP contribution >= 0.6 is 12.6 Å². The van der Waals surface area contributed by atoms with Crippen molar-refractivity contribution in [1.29, 1.82) is 5.41 Å². The molecule has 2 aliphatic heterocycles. The van der Waals surface area contributed by atoms with Gasteiger partial charge in [0.1, 0.15) is 5.84 Å². The van der Waals surface area contributed by atoms with E-state index in [1.54, 1.807) is 0 Å². The average Bonchev–Trinajstić information content (AvgIpc) is 3.05. The van der Waals surface area contributed by atoms with Gasteiger partial charge in [-0.2, -0.15) is 12.6 Å². The van der Waals surface area contributed by atoms with Gasteiger partial charge >= 0.3 is 0 Å². The van der Waals surface area contributed by atoms with Crippen LogP contribution in [0.25, 0.3) is 0 Å². The van der Waals surface area contributed by atoms with Crippen LogP contribution in [0.1, 0.15) is 79.1 Å². The lowest BCUT2D eigenvalue weighted by molar-refractivity contribution is -0.118. The molecular weight excluding hydrogens is 490 g/mol. The molecule has 0 aromatic carbocycles. The summed E-state index contributed by atoms with van der Waals surface area (Å²) in [6.45, 7) is 14.4. The van der Waals surface area contributed by atoms with Crippen LogP contribution in [-0.2, 0) is 4.79 Å². The minimum Gasteiger partial charge on any atom is -0.376 e. The molecular formula is C31H53N5OS. The molecule has 214 valence electrons. The number of thiol groups is 1. The lowest BCUT2D eigenvalue weighted by Gasteiger charge is -2.38.